The number of thioether (sulfide) groups is 1. The summed E-state index contributed by atoms with van der Waals surface area (Å²) in [5.41, 5.74) is 2.22. The molecule has 0 unspecified atom stereocenters. The highest BCUT2D eigenvalue weighted by Gasteiger charge is 2.11. The molecule has 2 aromatic carbocycles. The van der Waals surface area contributed by atoms with Crippen LogP contribution in [0.4, 0.5) is 5.69 Å². The number of carbonyl (C=O) groups is 1. The molecule has 1 aromatic heterocycles. The van der Waals surface area contributed by atoms with Crippen molar-refractivity contribution in [2.24, 2.45) is 0 Å². The zero-order chi connectivity index (χ0) is 17.6. The van der Waals surface area contributed by atoms with Crippen LogP contribution in [0.1, 0.15) is 15.9 Å². The molecule has 3 aromatic rings. The fourth-order valence-corrected chi connectivity index (χ4v) is 3.36. The minimum atomic E-state index is -0.289. The molecule has 0 bridgehead atoms. The fraction of sp³-hybridized carbons (Fsp3) is 0.0526. The van der Waals surface area contributed by atoms with E-state index in [4.69, 9.17) is 23.2 Å². The van der Waals surface area contributed by atoms with Gasteiger partial charge in [-0.05, 0) is 54.1 Å². The normalized spacial score (nSPS) is 10.5. The van der Waals surface area contributed by atoms with Crippen LogP contribution in [-0.4, -0.2) is 10.9 Å². The highest BCUT2D eigenvalue weighted by molar-refractivity contribution is 7.98. The van der Waals surface area contributed by atoms with E-state index in [9.17, 15) is 4.79 Å². The highest BCUT2D eigenvalue weighted by Crippen LogP contribution is 2.25. The first-order valence-corrected chi connectivity index (χ1v) is 9.24. The van der Waals surface area contributed by atoms with E-state index in [-0.39, 0.29) is 5.91 Å². The van der Waals surface area contributed by atoms with Crippen LogP contribution in [0.25, 0.3) is 0 Å². The second-order valence-corrected chi connectivity index (χ2v) is 7.15. The van der Waals surface area contributed by atoms with Gasteiger partial charge in [-0.25, -0.2) is 0 Å². The number of nitrogens with zero attached hydrogens (tertiary/aromatic N) is 1. The van der Waals surface area contributed by atoms with Gasteiger partial charge in [0.25, 0.3) is 5.91 Å². The van der Waals surface area contributed by atoms with E-state index in [1.807, 2.05) is 42.6 Å². The molecule has 0 atom stereocenters. The first-order valence-electron chi connectivity index (χ1n) is 7.50. The van der Waals surface area contributed by atoms with Gasteiger partial charge in [0.1, 0.15) is 0 Å². The third-order valence-electron chi connectivity index (χ3n) is 3.41. The number of carbonyl (C=O) groups excluding carboxylic acids is 1. The number of nitrogens with one attached hydrogen (secondary N) is 1. The van der Waals surface area contributed by atoms with Crippen molar-refractivity contribution in [2.45, 2.75) is 10.6 Å². The van der Waals surface area contributed by atoms with E-state index in [1.165, 1.54) is 5.56 Å². The highest BCUT2D eigenvalue weighted by atomic mass is 35.5. The van der Waals surface area contributed by atoms with Crippen LogP contribution < -0.4 is 5.32 Å². The molecule has 126 valence electrons. The first-order chi connectivity index (χ1) is 12.1. The van der Waals surface area contributed by atoms with E-state index >= 15 is 0 Å². The summed E-state index contributed by atoms with van der Waals surface area (Å²) >= 11 is 13.7. The molecule has 25 heavy (non-hydrogen) atoms. The molecule has 0 aliphatic rings. The molecule has 0 aliphatic heterocycles. The SMILES string of the molecule is O=C(Nc1ccc(SCc2cccnc2)cc1)c1cc(Cl)ccc1Cl. The molecule has 0 spiro atoms. The van der Waals surface area contributed by atoms with E-state index in [0.717, 1.165) is 10.6 Å². The molecule has 1 N–H and O–H groups in total. The monoisotopic (exact) mass is 388 g/mol. The minimum absolute atomic E-state index is 0.289. The topological polar surface area (TPSA) is 42.0 Å². The number of aromatic nitrogens is 1. The van der Waals surface area contributed by atoms with Crippen LogP contribution in [0.3, 0.4) is 0 Å². The minimum Gasteiger partial charge on any atom is -0.322 e. The van der Waals surface area contributed by atoms with Crippen molar-refractivity contribution in [3.05, 3.63) is 88.2 Å². The maximum Gasteiger partial charge on any atom is 0.257 e. The Labute approximate surface area is 160 Å². The summed E-state index contributed by atoms with van der Waals surface area (Å²) in [4.78, 5) is 17.5. The summed E-state index contributed by atoms with van der Waals surface area (Å²) < 4.78 is 0. The lowest BCUT2D eigenvalue weighted by atomic mass is 10.2. The van der Waals surface area contributed by atoms with Gasteiger partial charge in [0.05, 0.1) is 10.6 Å². The Morgan fingerprint density at radius 1 is 1.08 bits per heavy atom. The summed E-state index contributed by atoms with van der Waals surface area (Å²) in [6, 6.07) is 16.4. The van der Waals surface area contributed by atoms with Crippen molar-refractivity contribution < 1.29 is 4.79 Å². The Morgan fingerprint density at radius 2 is 1.88 bits per heavy atom. The summed E-state index contributed by atoms with van der Waals surface area (Å²) in [7, 11) is 0. The van der Waals surface area contributed by atoms with Crippen LogP contribution in [0.5, 0.6) is 0 Å². The average molecular weight is 389 g/mol. The van der Waals surface area contributed by atoms with Crippen LogP contribution in [0.15, 0.2) is 71.9 Å². The van der Waals surface area contributed by atoms with Crippen LogP contribution in [-0.2, 0) is 5.75 Å². The smallest absolute Gasteiger partial charge is 0.257 e. The predicted molar refractivity (Wildman–Crippen MR) is 105 cm³/mol. The van der Waals surface area contributed by atoms with Gasteiger partial charge in [-0.3, -0.25) is 9.78 Å². The molecule has 1 amide bonds. The van der Waals surface area contributed by atoms with Crippen molar-refractivity contribution in [3.63, 3.8) is 0 Å². The van der Waals surface area contributed by atoms with Gasteiger partial charge in [-0.1, -0.05) is 29.3 Å². The van der Waals surface area contributed by atoms with E-state index in [2.05, 4.69) is 10.3 Å². The lowest BCUT2D eigenvalue weighted by molar-refractivity contribution is 0.102. The average Bonchev–Trinajstić information content (AvgIpc) is 2.64. The predicted octanol–water partition coefficient (Wildman–Crippen LogP) is 5.93. The molecule has 0 saturated heterocycles. The summed E-state index contributed by atoms with van der Waals surface area (Å²) in [5.74, 6) is 0.556. The third-order valence-corrected chi connectivity index (χ3v) is 5.06. The second-order valence-electron chi connectivity index (χ2n) is 5.25. The summed E-state index contributed by atoms with van der Waals surface area (Å²) in [6.07, 6.45) is 3.62. The zero-order valence-electron chi connectivity index (χ0n) is 13.1. The lowest BCUT2D eigenvalue weighted by Crippen LogP contribution is -2.12. The van der Waals surface area contributed by atoms with E-state index in [1.54, 1.807) is 36.2 Å². The van der Waals surface area contributed by atoms with Crippen molar-refractivity contribution >= 4 is 46.6 Å². The molecule has 3 rings (SSSR count). The lowest BCUT2D eigenvalue weighted by Gasteiger charge is -2.08. The van der Waals surface area contributed by atoms with Gasteiger partial charge < -0.3 is 5.32 Å². The zero-order valence-corrected chi connectivity index (χ0v) is 15.4. The Morgan fingerprint density at radius 3 is 2.60 bits per heavy atom. The Bertz CT molecular complexity index is 870. The van der Waals surface area contributed by atoms with Crippen LogP contribution in [0.2, 0.25) is 10.0 Å². The largest absolute Gasteiger partial charge is 0.322 e. The van der Waals surface area contributed by atoms with Gasteiger partial charge in [0, 0.05) is 33.8 Å². The third kappa shape index (κ3) is 4.98. The van der Waals surface area contributed by atoms with Gasteiger partial charge in [0.2, 0.25) is 0 Å². The number of benzene rings is 2. The van der Waals surface area contributed by atoms with Gasteiger partial charge in [-0.2, -0.15) is 0 Å². The van der Waals surface area contributed by atoms with Gasteiger partial charge in [0.15, 0.2) is 0 Å². The van der Waals surface area contributed by atoms with Crippen molar-refractivity contribution in [3.8, 4) is 0 Å². The molecule has 3 nitrogen and oxygen atoms in total. The standard InChI is InChI=1S/C19H14Cl2N2OS/c20-14-3-8-18(21)17(10-14)19(24)23-15-4-6-16(7-5-15)25-12-13-2-1-9-22-11-13/h1-11H,12H2,(H,23,24). The summed E-state index contributed by atoms with van der Waals surface area (Å²) in [6.45, 7) is 0. The Hall–Kier alpha value is -2.01. The number of hydrogen-bond acceptors (Lipinski definition) is 3. The number of rotatable bonds is 5. The maximum absolute atomic E-state index is 12.3. The van der Waals surface area contributed by atoms with Gasteiger partial charge in [-0.15, -0.1) is 11.8 Å². The van der Waals surface area contributed by atoms with Gasteiger partial charge >= 0.3 is 0 Å². The van der Waals surface area contributed by atoms with Crippen molar-refractivity contribution in [1.82, 2.24) is 4.98 Å². The molecule has 1 heterocycles. The number of hydrogen-bond donors (Lipinski definition) is 1. The number of amides is 1. The molecule has 0 aliphatic carbocycles. The maximum atomic E-state index is 12.3. The van der Waals surface area contributed by atoms with Crippen molar-refractivity contribution in [2.75, 3.05) is 5.32 Å². The number of halogens is 2. The molecular weight excluding hydrogens is 375 g/mol. The molecule has 6 heteroatoms. The Balaban J connectivity index is 1.62. The fourth-order valence-electron chi connectivity index (χ4n) is 2.15. The summed E-state index contributed by atoms with van der Waals surface area (Å²) in [5, 5.41) is 3.66. The molecule has 0 saturated carbocycles. The van der Waals surface area contributed by atoms with E-state index in [0.29, 0.717) is 21.3 Å². The van der Waals surface area contributed by atoms with Crippen LogP contribution >= 0.6 is 35.0 Å². The molecule has 0 radical (unpaired) electrons. The van der Waals surface area contributed by atoms with Crippen LogP contribution in [0, 0.1) is 0 Å². The second kappa shape index (κ2) is 8.39. The quantitative estimate of drug-likeness (QED) is 0.550. The number of pyridine rings is 1. The Kier molecular flexibility index (Phi) is 5.97. The number of anilines is 1. The van der Waals surface area contributed by atoms with E-state index < -0.39 is 0 Å². The molecular formula is C19H14Cl2N2OS. The molecule has 0 fully saturated rings. The van der Waals surface area contributed by atoms with Crippen molar-refractivity contribution in [1.29, 1.82) is 0 Å². The first kappa shape index (κ1) is 17.8.